The van der Waals surface area contributed by atoms with Crippen molar-refractivity contribution in [3.63, 3.8) is 0 Å². The lowest BCUT2D eigenvalue weighted by molar-refractivity contribution is -0.136. The molecule has 8 heteroatoms. The Morgan fingerprint density at radius 2 is 2.18 bits per heavy atom. The zero-order chi connectivity index (χ0) is 23.6. The van der Waals surface area contributed by atoms with Gasteiger partial charge >= 0.3 is 0 Å². The number of aliphatic hydroxyl groups excluding tert-OH is 1. The molecule has 0 bridgehead atoms. The Labute approximate surface area is 199 Å². The van der Waals surface area contributed by atoms with Crippen molar-refractivity contribution in [3.8, 4) is 5.75 Å². The highest BCUT2D eigenvalue weighted by atomic mass is 32.1. The number of halogens is 1. The fourth-order valence-corrected chi connectivity index (χ4v) is 4.98. The van der Waals surface area contributed by atoms with E-state index in [0.29, 0.717) is 38.6 Å². The molecule has 0 saturated carbocycles. The minimum absolute atomic E-state index is 0.00668. The summed E-state index contributed by atoms with van der Waals surface area (Å²) in [6, 6.07) is 7.77. The number of carbonyl (C=O) groups excluding carboxylic acids is 1. The molecule has 1 aromatic heterocycles. The van der Waals surface area contributed by atoms with Gasteiger partial charge in [0.1, 0.15) is 18.2 Å². The SMILES string of the molecule is C=CCOC[C@H](O)CN(CCC)CC(=O)N1CCc2sccc2[C@@H]1COc1ccc(F)cc1. The van der Waals surface area contributed by atoms with Gasteiger partial charge in [0.25, 0.3) is 0 Å². The number of thiophene rings is 1. The Kier molecular flexibility index (Phi) is 9.87. The van der Waals surface area contributed by atoms with E-state index in [0.717, 1.165) is 18.4 Å². The first-order chi connectivity index (χ1) is 16.0. The van der Waals surface area contributed by atoms with Crippen LogP contribution in [0.5, 0.6) is 5.75 Å². The molecule has 0 aliphatic carbocycles. The lowest BCUT2D eigenvalue weighted by Crippen LogP contribution is -2.48. The van der Waals surface area contributed by atoms with Crippen molar-refractivity contribution < 1.29 is 23.8 Å². The average molecular weight is 477 g/mol. The maximum Gasteiger partial charge on any atom is 0.237 e. The Hall–Kier alpha value is -2.26. The summed E-state index contributed by atoms with van der Waals surface area (Å²) >= 11 is 1.70. The summed E-state index contributed by atoms with van der Waals surface area (Å²) in [4.78, 5) is 18.5. The van der Waals surface area contributed by atoms with E-state index in [9.17, 15) is 14.3 Å². The van der Waals surface area contributed by atoms with Crippen molar-refractivity contribution in [3.05, 3.63) is 64.6 Å². The molecule has 1 aromatic carbocycles. The van der Waals surface area contributed by atoms with E-state index in [2.05, 4.69) is 19.6 Å². The molecule has 2 aromatic rings. The number of rotatable bonds is 13. The fraction of sp³-hybridized carbons (Fsp3) is 0.480. The predicted molar refractivity (Wildman–Crippen MR) is 128 cm³/mol. The summed E-state index contributed by atoms with van der Waals surface area (Å²) in [7, 11) is 0. The van der Waals surface area contributed by atoms with E-state index < -0.39 is 6.10 Å². The van der Waals surface area contributed by atoms with Gasteiger partial charge in [0, 0.05) is 18.0 Å². The van der Waals surface area contributed by atoms with E-state index >= 15 is 0 Å². The molecule has 1 aliphatic heterocycles. The first-order valence-electron chi connectivity index (χ1n) is 11.3. The van der Waals surface area contributed by atoms with Crippen LogP contribution in [0.1, 0.15) is 29.8 Å². The molecule has 0 fully saturated rings. The number of ether oxygens (including phenoxy) is 2. The number of hydrogen-bond acceptors (Lipinski definition) is 6. The molecule has 2 atom stereocenters. The summed E-state index contributed by atoms with van der Waals surface area (Å²) in [6.45, 7) is 8.46. The van der Waals surface area contributed by atoms with Crippen LogP contribution in [-0.4, -0.2) is 72.9 Å². The lowest BCUT2D eigenvalue weighted by Gasteiger charge is -2.37. The summed E-state index contributed by atoms with van der Waals surface area (Å²) in [5, 5.41) is 12.4. The molecular weight excluding hydrogens is 443 g/mol. The zero-order valence-electron chi connectivity index (χ0n) is 19.1. The summed E-state index contributed by atoms with van der Waals surface area (Å²) in [5.41, 5.74) is 1.11. The largest absolute Gasteiger partial charge is 0.491 e. The van der Waals surface area contributed by atoms with Gasteiger partial charge in [0.2, 0.25) is 5.91 Å². The van der Waals surface area contributed by atoms with E-state index in [1.165, 1.54) is 17.0 Å². The molecule has 1 aliphatic rings. The van der Waals surface area contributed by atoms with Crippen molar-refractivity contribution in [2.24, 2.45) is 0 Å². The van der Waals surface area contributed by atoms with Gasteiger partial charge in [0.15, 0.2) is 0 Å². The predicted octanol–water partition coefficient (Wildman–Crippen LogP) is 3.67. The number of aliphatic hydroxyl groups is 1. The van der Waals surface area contributed by atoms with Crippen LogP contribution in [-0.2, 0) is 16.0 Å². The van der Waals surface area contributed by atoms with Crippen LogP contribution < -0.4 is 4.74 Å². The van der Waals surface area contributed by atoms with E-state index in [-0.39, 0.29) is 30.9 Å². The third kappa shape index (κ3) is 7.37. The Balaban J connectivity index is 1.66. The Bertz CT molecular complexity index is 889. The molecule has 2 heterocycles. The van der Waals surface area contributed by atoms with Gasteiger partial charge in [0.05, 0.1) is 31.9 Å². The molecule has 33 heavy (non-hydrogen) atoms. The zero-order valence-corrected chi connectivity index (χ0v) is 19.9. The molecule has 0 spiro atoms. The van der Waals surface area contributed by atoms with Gasteiger partial charge in [-0.3, -0.25) is 9.69 Å². The molecule has 1 N–H and O–H groups in total. The van der Waals surface area contributed by atoms with Gasteiger partial charge in [-0.2, -0.15) is 0 Å². The van der Waals surface area contributed by atoms with Gasteiger partial charge in [-0.15, -0.1) is 17.9 Å². The number of carbonyl (C=O) groups is 1. The van der Waals surface area contributed by atoms with Gasteiger partial charge in [-0.1, -0.05) is 13.0 Å². The number of nitrogens with zero attached hydrogens (tertiary/aromatic N) is 2. The fourth-order valence-electron chi connectivity index (χ4n) is 4.05. The number of benzene rings is 1. The number of amides is 1. The molecule has 0 saturated heterocycles. The number of fused-ring (bicyclic) bond motifs is 1. The van der Waals surface area contributed by atoms with Crippen LogP contribution in [0.25, 0.3) is 0 Å². The van der Waals surface area contributed by atoms with Crippen LogP contribution in [0, 0.1) is 5.82 Å². The van der Waals surface area contributed by atoms with Crippen LogP contribution in [0.3, 0.4) is 0 Å². The first-order valence-corrected chi connectivity index (χ1v) is 12.2. The topological polar surface area (TPSA) is 62.2 Å². The minimum Gasteiger partial charge on any atom is -0.491 e. The van der Waals surface area contributed by atoms with E-state index in [1.54, 1.807) is 29.5 Å². The maximum absolute atomic E-state index is 13.4. The van der Waals surface area contributed by atoms with Gasteiger partial charge in [-0.25, -0.2) is 4.39 Å². The highest BCUT2D eigenvalue weighted by Crippen LogP contribution is 2.34. The first kappa shape index (κ1) is 25.4. The lowest BCUT2D eigenvalue weighted by atomic mass is 10.0. The second kappa shape index (κ2) is 12.8. The highest BCUT2D eigenvalue weighted by molar-refractivity contribution is 7.10. The van der Waals surface area contributed by atoms with Gasteiger partial charge in [-0.05, 0) is 60.7 Å². The second-order valence-corrected chi connectivity index (χ2v) is 9.13. The standard InChI is InChI=1S/C25H33FN2O4S/c1-3-11-27(15-20(29)17-31-13-4-2)16-25(30)28-12-9-24-22(10-14-33-24)23(28)18-32-21-7-5-19(26)6-8-21/h4-8,10,14,20,23,29H,2-3,9,11-13,15-18H2,1H3/t20-,23+/m1/s1. The summed E-state index contributed by atoms with van der Waals surface area (Å²) < 4.78 is 24.5. The molecule has 3 rings (SSSR count). The molecule has 6 nitrogen and oxygen atoms in total. The third-order valence-corrected chi connectivity index (χ3v) is 6.55. The van der Waals surface area contributed by atoms with E-state index in [4.69, 9.17) is 9.47 Å². The molecular formula is C25H33FN2O4S. The van der Waals surface area contributed by atoms with Crippen LogP contribution in [0.15, 0.2) is 48.4 Å². The molecule has 1 amide bonds. The van der Waals surface area contributed by atoms with Crippen molar-refractivity contribution in [1.29, 1.82) is 0 Å². The second-order valence-electron chi connectivity index (χ2n) is 8.13. The van der Waals surface area contributed by atoms with Crippen molar-refractivity contribution in [2.75, 3.05) is 46.0 Å². The minimum atomic E-state index is -0.674. The molecule has 0 radical (unpaired) electrons. The van der Waals surface area contributed by atoms with Crippen molar-refractivity contribution in [2.45, 2.75) is 31.9 Å². The van der Waals surface area contributed by atoms with Crippen LogP contribution >= 0.6 is 11.3 Å². The van der Waals surface area contributed by atoms with E-state index in [1.807, 2.05) is 15.2 Å². The molecule has 0 unspecified atom stereocenters. The summed E-state index contributed by atoms with van der Waals surface area (Å²) in [6.07, 6.45) is 2.66. The smallest absolute Gasteiger partial charge is 0.237 e. The Morgan fingerprint density at radius 3 is 2.91 bits per heavy atom. The third-order valence-electron chi connectivity index (χ3n) is 5.55. The van der Waals surface area contributed by atoms with Gasteiger partial charge < -0.3 is 19.5 Å². The van der Waals surface area contributed by atoms with Crippen molar-refractivity contribution in [1.82, 2.24) is 9.80 Å². The molecule has 180 valence electrons. The average Bonchev–Trinajstić information content (AvgIpc) is 3.28. The van der Waals surface area contributed by atoms with Crippen LogP contribution in [0.4, 0.5) is 4.39 Å². The summed E-state index contributed by atoms with van der Waals surface area (Å²) in [5.74, 6) is 0.263. The Morgan fingerprint density at radius 1 is 1.39 bits per heavy atom. The monoisotopic (exact) mass is 476 g/mol. The van der Waals surface area contributed by atoms with Crippen LogP contribution in [0.2, 0.25) is 0 Å². The number of hydrogen-bond donors (Lipinski definition) is 1. The quantitative estimate of drug-likeness (QED) is 0.353. The normalized spacial score (nSPS) is 16.5. The highest BCUT2D eigenvalue weighted by Gasteiger charge is 2.33. The van der Waals surface area contributed by atoms with Crippen molar-refractivity contribution >= 4 is 17.2 Å². The maximum atomic E-state index is 13.4.